The van der Waals surface area contributed by atoms with Crippen molar-refractivity contribution in [2.24, 2.45) is 0 Å². The Balaban J connectivity index is 1.00. The molecule has 0 fully saturated rings. The van der Waals surface area contributed by atoms with Crippen molar-refractivity contribution in [2.45, 2.75) is 39.3 Å². The highest BCUT2D eigenvalue weighted by Gasteiger charge is 2.11. The number of aromatic nitrogens is 2. The standard InChI is InChI=1S/C44H52N8/c1-3-13-43-39(11-1)15-17-41(49-43)33-51-23-19-45-29-35-7-5-9-37(27-35)31-47-21-25-52(34-42-18-16-40-12-2-4-14-44(40)50-42)26-22-48-32-38-10-6-8-36(28-38)30-46-20-24-51/h1-18,27-28,45-48H,19-26,29-34H2. The Labute approximate surface area is 308 Å². The van der Waals surface area contributed by atoms with Gasteiger partial charge in [0.15, 0.2) is 0 Å². The van der Waals surface area contributed by atoms with Gasteiger partial charge < -0.3 is 21.3 Å². The zero-order valence-electron chi connectivity index (χ0n) is 30.2. The highest BCUT2D eigenvalue weighted by Crippen LogP contribution is 2.15. The van der Waals surface area contributed by atoms with Gasteiger partial charge in [-0.15, -0.1) is 0 Å². The molecule has 4 bridgehead atoms. The fourth-order valence-electron chi connectivity index (χ4n) is 6.97. The van der Waals surface area contributed by atoms with E-state index >= 15 is 0 Å². The van der Waals surface area contributed by atoms with E-state index < -0.39 is 0 Å². The van der Waals surface area contributed by atoms with Crippen LogP contribution in [0.4, 0.5) is 0 Å². The van der Waals surface area contributed by atoms with Gasteiger partial charge in [-0.25, -0.2) is 0 Å². The summed E-state index contributed by atoms with van der Waals surface area (Å²) >= 11 is 0. The molecule has 4 N–H and O–H groups in total. The SMILES string of the molecule is c1cc2cc(c1)CNCCN(Cc1ccc3ccccc3n1)CCNCc1cccc(c1)CNCCN(Cc1ccc3ccccc3n1)CCNC2. The third kappa shape index (κ3) is 10.7. The van der Waals surface area contributed by atoms with Crippen LogP contribution in [0.15, 0.2) is 121 Å². The fraction of sp³-hybridized carbons (Fsp3) is 0.318. The predicted molar refractivity (Wildman–Crippen MR) is 214 cm³/mol. The quantitative estimate of drug-likeness (QED) is 0.183. The average molecular weight is 693 g/mol. The zero-order valence-corrected chi connectivity index (χ0v) is 30.2. The van der Waals surface area contributed by atoms with Crippen LogP contribution in [-0.2, 0) is 39.3 Å². The summed E-state index contributed by atoms with van der Waals surface area (Å²) < 4.78 is 0. The van der Waals surface area contributed by atoms with Crippen molar-refractivity contribution in [3.05, 3.63) is 155 Å². The molecule has 6 aromatic rings. The molecule has 268 valence electrons. The van der Waals surface area contributed by atoms with Crippen molar-refractivity contribution in [3.8, 4) is 0 Å². The van der Waals surface area contributed by atoms with Gasteiger partial charge in [0.1, 0.15) is 0 Å². The number of fused-ring (bicyclic) bond motifs is 6. The van der Waals surface area contributed by atoms with E-state index in [-0.39, 0.29) is 0 Å². The molecule has 0 saturated carbocycles. The molecule has 3 heterocycles. The molecule has 52 heavy (non-hydrogen) atoms. The molecule has 8 heteroatoms. The molecule has 4 aromatic carbocycles. The Hall–Kier alpha value is -4.54. The van der Waals surface area contributed by atoms with Crippen LogP contribution in [0.3, 0.4) is 0 Å². The van der Waals surface area contributed by atoms with E-state index in [1.54, 1.807) is 0 Å². The Bertz CT molecular complexity index is 1810. The summed E-state index contributed by atoms with van der Waals surface area (Å²) in [7, 11) is 0. The second-order valence-electron chi connectivity index (χ2n) is 13.9. The second-order valence-corrected chi connectivity index (χ2v) is 13.9. The summed E-state index contributed by atoms with van der Waals surface area (Å²) in [6.45, 7) is 12.5. The Morgan fingerprint density at radius 3 is 1.15 bits per heavy atom. The van der Waals surface area contributed by atoms with Gasteiger partial charge in [-0.2, -0.15) is 0 Å². The topological polar surface area (TPSA) is 80.4 Å². The van der Waals surface area contributed by atoms with Crippen molar-refractivity contribution >= 4 is 21.8 Å². The van der Waals surface area contributed by atoms with Gasteiger partial charge in [0.25, 0.3) is 0 Å². The number of hydrogen-bond donors (Lipinski definition) is 4. The van der Waals surface area contributed by atoms with Crippen LogP contribution >= 0.6 is 0 Å². The van der Waals surface area contributed by atoms with E-state index in [9.17, 15) is 0 Å². The summed E-state index contributed by atoms with van der Waals surface area (Å²) in [6.07, 6.45) is 0. The van der Waals surface area contributed by atoms with Gasteiger partial charge in [-0.1, -0.05) is 97.1 Å². The number of pyridine rings is 2. The average Bonchev–Trinajstić information content (AvgIpc) is 3.18. The number of rotatable bonds is 4. The number of nitrogens with one attached hydrogen (secondary N) is 4. The Morgan fingerprint density at radius 1 is 0.404 bits per heavy atom. The highest BCUT2D eigenvalue weighted by atomic mass is 15.2. The van der Waals surface area contributed by atoms with Crippen LogP contribution in [0.25, 0.3) is 21.8 Å². The first-order valence-electron chi connectivity index (χ1n) is 18.9. The van der Waals surface area contributed by atoms with Crippen molar-refractivity contribution in [1.29, 1.82) is 0 Å². The second kappa shape index (κ2) is 18.8. The highest BCUT2D eigenvalue weighted by molar-refractivity contribution is 5.79. The largest absolute Gasteiger partial charge is 0.311 e. The molecule has 0 radical (unpaired) electrons. The lowest BCUT2D eigenvalue weighted by atomic mass is 10.1. The van der Waals surface area contributed by atoms with Crippen LogP contribution in [0.5, 0.6) is 0 Å². The molecule has 0 amide bonds. The summed E-state index contributed by atoms with van der Waals surface area (Å²) in [5.74, 6) is 0. The van der Waals surface area contributed by atoms with E-state index in [2.05, 4.69) is 152 Å². The fourth-order valence-corrected chi connectivity index (χ4v) is 6.97. The van der Waals surface area contributed by atoms with Crippen molar-refractivity contribution in [2.75, 3.05) is 52.4 Å². The minimum absolute atomic E-state index is 0.826. The van der Waals surface area contributed by atoms with Gasteiger partial charge in [-0.3, -0.25) is 19.8 Å². The maximum absolute atomic E-state index is 4.98. The van der Waals surface area contributed by atoms with Gasteiger partial charge in [-0.05, 0) is 46.5 Å². The molecule has 1 aliphatic rings. The molecule has 2 aromatic heterocycles. The van der Waals surface area contributed by atoms with Crippen LogP contribution in [0, 0.1) is 0 Å². The van der Waals surface area contributed by atoms with E-state index in [0.717, 1.165) is 114 Å². The number of nitrogens with zero attached hydrogens (tertiary/aromatic N) is 4. The minimum atomic E-state index is 0.826. The third-order valence-electron chi connectivity index (χ3n) is 9.80. The summed E-state index contributed by atoms with van der Waals surface area (Å²) in [4.78, 5) is 15.0. The molecule has 0 atom stereocenters. The van der Waals surface area contributed by atoms with Gasteiger partial charge in [0.05, 0.1) is 22.4 Å². The lowest BCUT2D eigenvalue weighted by Gasteiger charge is -2.23. The maximum Gasteiger partial charge on any atom is 0.0705 e. The first-order chi connectivity index (χ1) is 25.7. The first kappa shape index (κ1) is 35.8. The van der Waals surface area contributed by atoms with Gasteiger partial charge in [0.2, 0.25) is 0 Å². The van der Waals surface area contributed by atoms with Crippen LogP contribution in [0.2, 0.25) is 0 Å². The molecule has 0 unspecified atom stereocenters. The lowest BCUT2D eigenvalue weighted by molar-refractivity contribution is 0.261. The van der Waals surface area contributed by atoms with Gasteiger partial charge >= 0.3 is 0 Å². The number of para-hydroxylation sites is 2. The number of benzene rings is 4. The molecular formula is C44H52N8. The molecule has 1 aliphatic heterocycles. The first-order valence-corrected chi connectivity index (χ1v) is 18.9. The molecule has 0 spiro atoms. The monoisotopic (exact) mass is 692 g/mol. The van der Waals surface area contributed by atoms with Crippen molar-refractivity contribution in [3.63, 3.8) is 0 Å². The predicted octanol–water partition coefficient (Wildman–Crippen LogP) is 5.86. The summed E-state index contributed by atoms with van der Waals surface area (Å²) in [6, 6.07) is 43.4. The number of hydrogen-bond acceptors (Lipinski definition) is 8. The molecule has 0 saturated heterocycles. The van der Waals surface area contributed by atoms with Crippen molar-refractivity contribution < 1.29 is 0 Å². The normalized spacial score (nSPS) is 16.8. The van der Waals surface area contributed by atoms with Crippen LogP contribution in [0.1, 0.15) is 33.6 Å². The smallest absolute Gasteiger partial charge is 0.0705 e. The Morgan fingerprint density at radius 2 is 0.769 bits per heavy atom. The molecule has 7 rings (SSSR count). The third-order valence-corrected chi connectivity index (χ3v) is 9.80. The zero-order chi connectivity index (χ0) is 35.2. The van der Waals surface area contributed by atoms with E-state index in [4.69, 9.17) is 9.97 Å². The summed E-state index contributed by atoms with van der Waals surface area (Å²) in [5, 5.41) is 17.2. The van der Waals surface area contributed by atoms with Crippen LogP contribution in [-0.4, -0.2) is 72.1 Å². The lowest BCUT2D eigenvalue weighted by Crippen LogP contribution is -2.37. The molecule has 8 nitrogen and oxygen atoms in total. The van der Waals surface area contributed by atoms with E-state index in [1.165, 1.54) is 33.0 Å². The maximum atomic E-state index is 4.98. The van der Waals surface area contributed by atoms with E-state index in [1.807, 2.05) is 0 Å². The summed E-state index contributed by atoms with van der Waals surface area (Å²) in [5.41, 5.74) is 9.60. The van der Waals surface area contributed by atoms with Crippen LogP contribution < -0.4 is 21.3 Å². The molecular weight excluding hydrogens is 641 g/mol. The van der Waals surface area contributed by atoms with Gasteiger partial charge in [0, 0.05) is 102 Å². The minimum Gasteiger partial charge on any atom is -0.311 e. The van der Waals surface area contributed by atoms with Crippen molar-refractivity contribution in [1.82, 2.24) is 41.0 Å². The van der Waals surface area contributed by atoms with E-state index in [0.29, 0.717) is 0 Å². The molecule has 0 aliphatic carbocycles. The Kier molecular flexibility index (Phi) is 13.0.